The minimum absolute atomic E-state index is 0.0258. The fourth-order valence-corrected chi connectivity index (χ4v) is 2.79. The van der Waals surface area contributed by atoms with E-state index in [0.717, 1.165) is 49.3 Å². The Hall–Kier alpha value is -1.10. The molecule has 3 N–H and O–H groups in total. The van der Waals surface area contributed by atoms with Gasteiger partial charge in [-0.05, 0) is 43.5 Å². The summed E-state index contributed by atoms with van der Waals surface area (Å²) < 4.78 is 0. The third-order valence-electron chi connectivity index (χ3n) is 3.89. The second-order valence-electron chi connectivity index (χ2n) is 5.34. The van der Waals surface area contributed by atoms with E-state index >= 15 is 0 Å². The van der Waals surface area contributed by atoms with Gasteiger partial charge < -0.3 is 15.5 Å². The molecule has 0 saturated carbocycles. The van der Waals surface area contributed by atoms with Crippen molar-refractivity contribution in [2.24, 2.45) is 0 Å². The minimum Gasteiger partial charge on any atom is -0.507 e. The number of nitrogens with zero attached hydrogens (tertiary/aromatic N) is 1. The number of phenolic OH excluding ortho intramolecular Hbond substituents is 1. The molecule has 1 heterocycles. The highest BCUT2D eigenvalue weighted by Gasteiger charge is 2.21. The van der Waals surface area contributed by atoms with Gasteiger partial charge >= 0.3 is 0 Å². The van der Waals surface area contributed by atoms with Crippen LogP contribution >= 0.6 is 0 Å². The molecule has 4 nitrogen and oxygen atoms in total. The first-order chi connectivity index (χ1) is 9.13. The molecule has 1 fully saturated rings. The predicted molar refractivity (Wildman–Crippen MR) is 76.5 cm³/mol. The monoisotopic (exact) mass is 264 g/mol. The van der Waals surface area contributed by atoms with Crippen molar-refractivity contribution in [3.8, 4) is 5.75 Å². The molecule has 1 aromatic rings. The van der Waals surface area contributed by atoms with Gasteiger partial charge in [0.1, 0.15) is 5.75 Å². The number of aliphatic hydroxyl groups excluding tert-OH is 1. The first kappa shape index (κ1) is 14.3. The third-order valence-corrected chi connectivity index (χ3v) is 3.89. The summed E-state index contributed by atoms with van der Waals surface area (Å²) >= 11 is 0. The van der Waals surface area contributed by atoms with Crippen LogP contribution in [0.2, 0.25) is 0 Å². The largest absolute Gasteiger partial charge is 0.507 e. The fourth-order valence-electron chi connectivity index (χ4n) is 2.79. The molecule has 0 aliphatic carbocycles. The normalized spacial score (nSPS) is 19.1. The molecule has 0 amide bonds. The van der Waals surface area contributed by atoms with Crippen molar-refractivity contribution in [3.63, 3.8) is 0 Å². The highest BCUT2D eigenvalue weighted by molar-refractivity contribution is 5.43. The van der Waals surface area contributed by atoms with Crippen LogP contribution in [0, 0.1) is 13.8 Å². The molecular weight excluding hydrogens is 240 g/mol. The topological polar surface area (TPSA) is 55.7 Å². The SMILES string of the molecule is Cc1cc(C(CO)N2CCCNCC2)cc(C)c1O. The summed E-state index contributed by atoms with van der Waals surface area (Å²) in [5.74, 6) is 0.359. The van der Waals surface area contributed by atoms with Crippen LogP contribution in [0.1, 0.15) is 29.2 Å². The molecule has 1 unspecified atom stereocenters. The zero-order valence-corrected chi connectivity index (χ0v) is 11.8. The highest BCUT2D eigenvalue weighted by Crippen LogP contribution is 2.29. The number of hydrogen-bond donors (Lipinski definition) is 3. The Morgan fingerprint density at radius 3 is 2.53 bits per heavy atom. The van der Waals surface area contributed by atoms with Crippen LogP contribution in [0.3, 0.4) is 0 Å². The van der Waals surface area contributed by atoms with Gasteiger partial charge in [0.15, 0.2) is 0 Å². The molecule has 0 radical (unpaired) electrons. The van der Waals surface area contributed by atoms with Gasteiger partial charge in [-0.2, -0.15) is 0 Å². The smallest absolute Gasteiger partial charge is 0.121 e. The van der Waals surface area contributed by atoms with Crippen molar-refractivity contribution >= 4 is 0 Å². The van der Waals surface area contributed by atoms with Gasteiger partial charge in [-0.3, -0.25) is 4.90 Å². The fraction of sp³-hybridized carbons (Fsp3) is 0.600. The Morgan fingerprint density at radius 2 is 1.89 bits per heavy atom. The quantitative estimate of drug-likeness (QED) is 0.771. The Morgan fingerprint density at radius 1 is 1.21 bits per heavy atom. The number of benzene rings is 1. The molecule has 2 rings (SSSR count). The summed E-state index contributed by atoms with van der Waals surface area (Å²) in [5, 5.41) is 23.0. The molecule has 106 valence electrons. The van der Waals surface area contributed by atoms with Crippen molar-refractivity contribution in [2.75, 3.05) is 32.8 Å². The molecule has 1 atom stereocenters. The molecule has 1 aliphatic rings. The number of phenols is 1. The maximum absolute atomic E-state index is 9.85. The van der Waals surface area contributed by atoms with Gasteiger partial charge in [0, 0.05) is 19.6 Å². The van der Waals surface area contributed by atoms with Crippen LogP contribution in [0.5, 0.6) is 5.75 Å². The molecule has 0 aromatic heterocycles. The van der Waals surface area contributed by atoms with Gasteiger partial charge in [0.05, 0.1) is 12.6 Å². The zero-order valence-electron chi connectivity index (χ0n) is 11.8. The molecule has 19 heavy (non-hydrogen) atoms. The van der Waals surface area contributed by atoms with Crippen molar-refractivity contribution in [1.29, 1.82) is 0 Å². The summed E-state index contributed by atoms with van der Waals surface area (Å²) in [7, 11) is 0. The first-order valence-corrected chi connectivity index (χ1v) is 6.99. The number of aromatic hydroxyl groups is 1. The van der Waals surface area contributed by atoms with E-state index in [0.29, 0.717) is 5.75 Å². The molecule has 1 aromatic carbocycles. The molecule has 4 heteroatoms. The lowest BCUT2D eigenvalue weighted by molar-refractivity contribution is 0.129. The maximum atomic E-state index is 9.85. The first-order valence-electron chi connectivity index (χ1n) is 6.99. The van der Waals surface area contributed by atoms with Gasteiger partial charge in [-0.1, -0.05) is 12.1 Å². The Bertz CT molecular complexity index is 403. The Kier molecular flexibility index (Phi) is 4.80. The van der Waals surface area contributed by atoms with E-state index in [9.17, 15) is 10.2 Å². The summed E-state index contributed by atoms with van der Waals surface area (Å²) in [4.78, 5) is 2.32. The molecule has 1 saturated heterocycles. The average Bonchev–Trinajstić information content (AvgIpc) is 2.66. The Labute approximate surface area is 115 Å². The summed E-state index contributed by atoms with van der Waals surface area (Å²) in [5.41, 5.74) is 2.85. The van der Waals surface area contributed by atoms with E-state index in [1.807, 2.05) is 26.0 Å². The molecule has 1 aliphatic heterocycles. The number of aryl methyl sites for hydroxylation is 2. The van der Waals surface area contributed by atoms with Gasteiger partial charge in [-0.25, -0.2) is 0 Å². The van der Waals surface area contributed by atoms with E-state index < -0.39 is 0 Å². The maximum Gasteiger partial charge on any atom is 0.121 e. The van der Waals surface area contributed by atoms with Crippen LogP contribution in [-0.4, -0.2) is 47.9 Å². The van der Waals surface area contributed by atoms with Crippen LogP contribution in [-0.2, 0) is 0 Å². The van der Waals surface area contributed by atoms with Crippen LogP contribution in [0.15, 0.2) is 12.1 Å². The molecule has 0 spiro atoms. The third kappa shape index (κ3) is 3.26. The standard InChI is InChI=1S/C15H24N2O2/c1-11-8-13(9-12(2)15(11)19)14(10-18)17-6-3-4-16-5-7-17/h8-9,14,16,18-19H,3-7,10H2,1-2H3. The van der Waals surface area contributed by atoms with Crippen LogP contribution in [0.25, 0.3) is 0 Å². The lowest BCUT2D eigenvalue weighted by Crippen LogP contribution is -2.34. The van der Waals surface area contributed by atoms with Gasteiger partial charge in [0.2, 0.25) is 0 Å². The van der Waals surface area contributed by atoms with Crippen molar-refractivity contribution < 1.29 is 10.2 Å². The van der Waals surface area contributed by atoms with Crippen LogP contribution < -0.4 is 5.32 Å². The average molecular weight is 264 g/mol. The Balaban J connectivity index is 2.25. The van der Waals surface area contributed by atoms with Crippen LogP contribution in [0.4, 0.5) is 0 Å². The van der Waals surface area contributed by atoms with Gasteiger partial charge in [0.25, 0.3) is 0 Å². The summed E-state index contributed by atoms with van der Waals surface area (Å²) in [6, 6.07) is 4.00. The van der Waals surface area contributed by atoms with Crippen molar-refractivity contribution in [2.45, 2.75) is 26.3 Å². The lowest BCUT2D eigenvalue weighted by atomic mass is 9.99. The minimum atomic E-state index is 0.0258. The summed E-state index contributed by atoms with van der Waals surface area (Å²) in [6.07, 6.45) is 1.10. The van der Waals surface area contributed by atoms with E-state index in [1.54, 1.807) is 0 Å². The summed E-state index contributed by atoms with van der Waals surface area (Å²) in [6.45, 7) is 7.88. The number of nitrogens with one attached hydrogen (secondary N) is 1. The van der Waals surface area contributed by atoms with Crippen molar-refractivity contribution in [1.82, 2.24) is 10.2 Å². The highest BCUT2D eigenvalue weighted by atomic mass is 16.3. The van der Waals surface area contributed by atoms with E-state index in [4.69, 9.17) is 0 Å². The lowest BCUT2D eigenvalue weighted by Gasteiger charge is -2.30. The zero-order chi connectivity index (χ0) is 13.8. The molecule has 0 bridgehead atoms. The van der Waals surface area contributed by atoms with E-state index in [1.165, 1.54) is 0 Å². The number of aliphatic hydroxyl groups is 1. The van der Waals surface area contributed by atoms with Gasteiger partial charge in [-0.15, -0.1) is 0 Å². The van der Waals surface area contributed by atoms with E-state index in [-0.39, 0.29) is 12.6 Å². The molecular formula is C15H24N2O2. The number of hydrogen-bond acceptors (Lipinski definition) is 4. The predicted octanol–water partition coefficient (Wildman–Crippen LogP) is 1.34. The van der Waals surface area contributed by atoms with Crippen molar-refractivity contribution in [3.05, 3.63) is 28.8 Å². The van der Waals surface area contributed by atoms with E-state index in [2.05, 4.69) is 10.2 Å². The second-order valence-corrected chi connectivity index (χ2v) is 5.34. The second kappa shape index (κ2) is 6.37. The number of rotatable bonds is 3.